The highest BCUT2D eigenvalue weighted by atomic mass is 16.5. The lowest BCUT2D eigenvalue weighted by Gasteiger charge is -2.51. The van der Waals surface area contributed by atoms with E-state index in [4.69, 9.17) is 9.73 Å². The highest BCUT2D eigenvalue weighted by Crippen LogP contribution is 2.56. The lowest BCUT2D eigenvalue weighted by Crippen LogP contribution is -2.49. The minimum Gasteiger partial charge on any atom is -0.411 e. The van der Waals surface area contributed by atoms with Gasteiger partial charge in [-0.05, 0) is 37.0 Å². The van der Waals surface area contributed by atoms with Crippen LogP contribution in [0.5, 0.6) is 0 Å². The Kier molecular flexibility index (Phi) is 2.34. The van der Waals surface area contributed by atoms with E-state index in [-0.39, 0.29) is 10.8 Å². The topological polar surface area (TPSA) is 58.6 Å². The molecule has 0 radical (unpaired) electrons. The third kappa shape index (κ3) is 1.44. The van der Waals surface area contributed by atoms with Gasteiger partial charge in [-0.15, -0.1) is 0 Å². The molecule has 1 heterocycles. The zero-order valence-electron chi connectivity index (χ0n) is 11.2. The van der Waals surface area contributed by atoms with Crippen molar-refractivity contribution in [3.63, 3.8) is 0 Å². The third-order valence-corrected chi connectivity index (χ3v) is 5.01. The van der Waals surface area contributed by atoms with Crippen LogP contribution in [0.2, 0.25) is 0 Å². The van der Waals surface area contributed by atoms with Crippen molar-refractivity contribution in [2.24, 2.45) is 16.5 Å². The van der Waals surface area contributed by atoms with Crippen LogP contribution in [0.25, 0.3) is 0 Å². The zero-order chi connectivity index (χ0) is 13.0. The molecular weight excluding hydrogens is 228 g/mol. The Hall–Kier alpha value is -1.32. The second kappa shape index (κ2) is 3.59. The van der Waals surface area contributed by atoms with Crippen molar-refractivity contribution in [2.45, 2.75) is 51.9 Å². The van der Waals surface area contributed by atoms with Crippen molar-refractivity contribution in [1.29, 1.82) is 0 Å². The fraction of sp³-hybridized carbons (Fsp3) is 0.714. The van der Waals surface area contributed by atoms with Gasteiger partial charge in [0.05, 0.1) is 11.9 Å². The fourth-order valence-corrected chi connectivity index (χ4v) is 4.35. The highest BCUT2D eigenvalue weighted by Gasteiger charge is 2.53. The van der Waals surface area contributed by atoms with Crippen molar-refractivity contribution < 1.29 is 9.73 Å². The van der Waals surface area contributed by atoms with E-state index in [1.807, 2.05) is 6.20 Å². The van der Waals surface area contributed by atoms with Gasteiger partial charge in [0.15, 0.2) is 0 Å². The largest absolute Gasteiger partial charge is 0.411 e. The van der Waals surface area contributed by atoms with E-state index in [9.17, 15) is 0 Å². The first-order valence-electron chi connectivity index (χ1n) is 6.61. The Bertz CT molecular complexity index is 504. The zero-order valence-corrected chi connectivity index (χ0v) is 11.2. The predicted molar refractivity (Wildman–Crippen MR) is 67.9 cm³/mol. The Morgan fingerprint density at radius 1 is 1.39 bits per heavy atom. The molecule has 2 atom stereocenters. The van der Waals surface area contributed by atoms with Gasteiger partial charge in [0.2, 0.25) is 0 Å². The number of oxime groups is 1. The molecule has 0 spiro atoms. The molecule has 2 aliphatic rings. The number of fused-ring (bicyclic) bond motifs is 2. The van der Waals surface area contributed by atoms with Gasteiger partial charge < -0.3 is 9.73 Å². The molecule has 0 unspecified atom stereocenters. The van der Waals surface area contributed by atoms with Gasteiger partial charge in [0.1, 0.15) is 5.76 Å². The van der Waals surface area contributed by atoms with Crippen molar-refractivity contribution in [3.05, 3.63) is 17.5 Å². The summed E-state index contributed by atoms with van der Waals surface area (Å²) in [4.78, 5) is 0. The van der Waals surface area contributed by atoms with Gasteiger partial charge in [-0.3, -0.25) is 0 Å². The van der Waals surface area contributed by atoms with Crippen molar-refractivity contribution in [1.82, 2.24) is 5.16 Å². The van der Waals surface area contributed by atoms with E-state index < -0.39 is 0 Å². The number of aromatic nitrogens is 1. The van der Waals surface area contributed by atoms with Gasteiger partial charge in [0.25, 0.3) is 0 Å². The molecule has 1 aromatic rings. The van der Waals surface area contributed by atoms with E-state index in [1.54, 1.807) is 0 Å². The molecule has 1 saturated carbocycles. The molecule has 1 aromatic heterocycles. The summed E-state index contributed by atoms with van der Waals surface area (Å²) >= 11 is 0. The van der Waals surface area contributed by atoms with Gasteiger partial charge in [-0.25, -0.2) is 0 Å². The van der Waals surface area contributed by atoms with Crippen LogP contribution in [-0.4, -0.2) is 16.1 Å². The maximum Gasteiger partial charge on any atom is 0.145 e. The summed E-state index contributed by atoms with van der Waals surface area (Å²) in [6.07, 6.45) is 5.65. The van der Waals surface area contributed by atoms with E-state index in [0.29, 0.717) is 5.92 Å². The maximum atomic E-state index is 9.04. The second-order valence-corrected chi connectivity index (χ2v) is 6.67. The number of hydrogen-bond acceptors (Lipinski definition) is 4. The number of hydrogen-bond donors (Lipinski definition) is 1. The molecule has 0 aliphatic heterocycles. The quantitative estimate of drug-likeness (QED) is 0.566. The van der Waals surface area contributed by atoms with Gasteiger partial charge >= 0.3 is 0 Å². The second-order valence-electron chi connectivity index (χ2n) is 6.67. The molecule has 0 amide bonds. The Balaban J connectivity index is 2.07. The van der Waals surface area contributed by atoms with Crippen molar-refractivity contribution >= 4 is 5.71 Å². The average molecular weight is 248 g/mol. The first kappa shape index (κ1) is 11.8. The maximum absolute atomic E-state index is 9.04. The molecule has 1 fully saturated rings. The van der Waals surface area contributed by atoms with Crippen LogP contribution in [0.1, 0.15) is 51.4 Å². The smallest absolute Gasteiger partial charge is 0.145 e. The van der Waals surface area contributed by atoms with Crippen LogP contribution in [0.15, 0.2) is 15.9 Å². The van der Waals surface area contributed by atoms with Crippen LogP contribution in [0.4, 0.5) is 0 Å². The molecular formula is C14H20N2O2. The lowest BCUT2D eigenvalue weighted by molar-refractivity contribution is 0.0581. The lowest BCUT2D eigenvalue weighted by atomic mass is 9.51. The summed E-state index contributed by atoms with van der Waals surface area (Å²) < 4.78 is 5.49. The molecule has 2 aliphatic carbocycles. The predicted octanol–water partition coefficient (Wildman–Crippen LogP) is 3.14. The molecule has 18 heavy (non-hydrogen) atoms. The summed E-state index contributed by atoms with van der Waals surface area (Å²) in [5.41, 5.74) is 2.32. The molecule has 0 saturated heterocycles. The van der Waals surface area contributed by atoms with Crippen LogP contribution >= 0.6 is 0 Å². The van der Waals surface area contributed by atoms with E-state index in [0.717, 1.165) is 37.2 Å². The average Bonchev–Trinajstić information content (AvgIpc) is 2.76. The van der Waals surface area contributed by atoms with E-state index in [1.165, 1.54) is 5.56 Å². The van der Waals surface area contributed by atoms with E-state index in [2.05, 4.69) is 31.1 Å². The SMILES string of the molecule is CC1(C)c2oncc2C[C@]2(C)C/C(=N\O)CC[C@@H]12. The number of nitrogens with zero attached hydrogens (tertiary/aromatic N) is 2. The molecule has 4 heteroatoms. The first-order valence-corrected chi connectivity index (χ1v) is 6.61. The normalized spacial score (nSPS) is 36.2. The minimum atomic E-state index is 0.0137. The number of rotatable bonds is 0. The van der Waals surface area contributed by atoms with Crippen molar-refractivity contribution in [3.8, 4) is 0 Å². The van der Waals surface area contributed by atoms with Gasteiger partial charge in [-0.1, -0.05) is 31.1 Å². The summed E-state index contributed by atoms with van der Waals surface area (Å²) in [5, 5.41) is 16.5. The third-order valence-electron chi connectivity index (χ3n) is 5.01. The van der Waals surface area contributed by atoms with Crippen molar-refractivity contribution in [2.75, 3.05) is 0 Å². The molecule has 3 rings (SSSR count). The Morgan fingerprint density at radius 3 is 2.89 bits per heavy atom. The standard InChI is InChI=1S/C14H20N2O2/c1-13(2)11-5-4-10(16-17)7-14(11,3)6-9-8-15-18-12(9)13/h8,11,17H,4-7H2,1-3H3/b16-10-/t11-,14+/m0/s1. The first-order chi connectivity index (χ1) is 8.47. The Morgan fingerprint density at radius 2 is 2.17 bits per heavy atom. The molecule has 98 valence electrons. The van der Waals surface area contributed by atoms with Crippen LogP contribution < -0.4 is 0 Å². The molecule has 0 bridgehead atoms. The van der Waals surface area contributed by atoms with Crippen LogP contribution in [0, 0.1) is 11.3 Å². The van der Waals surface area contributed by atoms with E-state index >= 15 is 0 Å². The summed E-state index contributed by atoms with van der Waals surface area (Å²) in [5.74, 6) is 1.60. The summed E-state index contributed by atoms with van der Waals surface area (Å²) in [6.45, 7) is 6.81. The monoisotopic (exact) mass is 248 g/mol. The Labute approximate surface area is 107 Å². The highest BCUT2D eigenvalue weighted by molar-refractivity contribution is 5.85. The summed E-state index contributed by atoms with van der Waals surface area (Å²) in [7, 11) is 0. The fourth-order valence-electron chi connectivity index (χ4n) is 4.35. The molecule has 0 aromatic carbocycles. The van der Waals surface area contributed by atoms with Crippen LogP contribution in [0.3, 0.4) is 0 Å². The van der Waals surface area contributed by atoms with Gasteiger partial charge in [-0.2, -0.15) is 0 Å². The van der Waals surface area contributed by atoms with Gasteiger partial charge in [0, 0.05) is 11.0 Å². The summed E-state index contributed by atoms with van der Waals surface area (Å²) in [6, 6.07) is 0. The molecule has 1 N–H and O–H groups in total. The minimum absolute atomic E-state index is 0.0137. The van der Waals surface area contributed by atoms with Crippen LogP contribution in [-0.2, 0) is 11.8 Å². The molecule has 4 nitrogen and oxygen atoms in total.